The number of anilines is 1. The van der Waals surface area contributed by atoms with Crippen molar-refractivity contribution >= 4 is 17.6 Å². The molecule has 0 unspecified atom stereocenters. The summed E-state index contributed by atoms with van der Waals surface area (Å²) in [4.78, 5) is 25.9. The fourth-order valence-electron chi connectivity index (χ4n) is 1.91. The Bertz CT molecular complexity index is 455. The van der Waals surface area contributed by atoms with Crippen molar-refractivity contribution in [3.63, 3.8) is 0 Å². The third kappa shape index (κ3) is 4.91. The summed E-state index contributed by atoms with van der Waals surface area (Å²) in [5, 5.41) is 8.73. The number of benzene rings is 1. The van der Waals surface area contributed by atoms with Gasteiger partial charge in [0.2, 0.25) is 5.91 Å². The van der Waals surface area contributed by atoms with Crippen LogP contribution in [0.5, 0.6) is 0 Å². The molecule has 0 saturated heterocycles. The highest BCUT2D eigenvalue weighted by molar-refractivity contribution is 5.81. The Morgan fingerprint density at radius 1 is 1.15 bits per heavy atom. The number of rotatable bonds is 7. The lowest BCUT2D eigenvalue weighted by Gasteiger charge is -2.18. The number of nitrogens with zero attached hydrogens (tertiary/aromatic N) is 2. The zero-order chi connectivity index (χ0) is 15.1. The highest BCUT2D eigenvalue weighted by Gasteiger charge is 2.14. The molecule has 5 heteroatoms. The van der Waals surface area contributed by atoms with Gasteiger partial charge in [0.1, 0.15) is 6.54 Å². The van der Waals surface area contributed by atoms with E-state index < -0.39 is 5.97 Å². The van der Waals surface area contributed by atoms with Gasteiger partial charge < -0.3 is 14.9 Å². The molecule has 0 fully saturated rings. The van der Waals surface area contributed by atoms with Gasteiger partial charge in [-0.1, -0.05) is 12.1 Å². The molecule has 0 aliphatic rings. The van der Waals surface area contributed by atoms with Crippen LogP contribution in [-0.4, -0.2) is 49.1 Å². The molecule has 0 heterocycles. The highest BCUT2D eigenvalue weighted by atomic mass is 16.4. The summed E-state index contributed by atoms with van der Waals surface area (Å²) in [6, 6.07) is 8.01. The first-order valence-electron chi connectivity index (χ1n) is 6.70. The van der Waals surface area contributed by atoms with Gasteiger partial charge in [-0.3, -0.25) is 9.59 Å². The van der Waals surface area contributed by atoms with E-state index in [4.69, 9.17) is 5.11 Å². The molecule has 0 atom stereocenters. The van der Waals surface area contributed by atoms with Crippen LogP contribution < -0.4 is 4.90 Å². The molecule has 0 spiro atoms. The molecule has 1 aromatic rings. The standard InChI is InChI=1S/C15H22N2O3/c1-4-17(11-15(19)20)14(18)10-7-12-5-8-13(9-6-12)16(2)3/h5-6,8-9H,4,7,10-11H2,1-3H3,(H,19,20). The lowest BCUT2D eigenvalue weighted by molar-refractivity contribution is -0.144. The molecule has 1 N–H and O–H groups in total. The number of aryl methyl sites for hydroxylation is 1. The molecular weight excluding hydrogens is 256 g/mol. The van der Waals surface area contributed by atoms with Crippen molar-refractivity contribution in [1.29, 1.82) is 0 Å². The van der Waals surface area contributed by atoms with E-state index in [0.717, 1.165) is 11.3 Å². The van der Waals surface area contributed by atoms with E-state index in [1.165, 1.54) is 4.90 Å². The van der Waals surface area contributed by atoms with Crippen LogP contribution in [0.25, 0.3) is 0 Å². The Labute approximate surface area is 119 Å². The molecule has 20 heavy (non-hydrogen) atoms. The third-order valence-electron chi connectivity index (χ3n) is 3.14. The maximum atomic E-state index is 11.9. The molecule has 1 rings (SSSR count). The van der Waals surface area contributed by atoms with E-state index in [2.05, 4.69) is 0 Å². The molecule has 0 aliphatic heterocycles. The van der Waals surface area contributed by atoms with E-state index >= 15 is 0 Å². The first kappa shape index (κ1) is 16.0. The van der Waals surface area contributed by atoms with E-state index in [9.17, 15) is 9.59 Å². The van der Waals surface area contributed by atoms with Gasteiger partial charge in [0.05, 0.1) is 0 Å². The van der Waals surface area contributed by atoms with E-state index in [0.29, 0.717) is 19.4 Å². The summed E-state index contributed by atoms with van der Waals surface area (Å²) in [5.41, 5.74) is 2.19. The summed E-state index contributed by atoms with van der Waals surface area (Å²) in [6.07, 6.45) is 0.963. The van der Waals surface area contributed by atoms with E-state index in [1.54, 1.807) is 6.92 Å². The molecule has 0 bridgehead atoms. The number of carbonyl (C=O) groups excluding carboxylic acids is 1. The second kappa shape index (κ2) is 7.53. The normalized spacial score (nSPS) is 10.2. The van der Waals surface area contributed by atoms with Gasteiger partial charge in [-0.05, 0) is 31.0 Å². The Balaban J connectivity index is 2.53. The third-order valence-corrected chi connectivity index (χ3v) is 3.14. The van der Waals surface area contributed by atoms with Crippen molar-refractivity contribution in [2.75, 3.05) is 32.1 Å². The average Bonchev–Trinajstić information content (AvgIpc) is 2.42. The first-order chi connectivity index (χ1) is 9.43. The predicted octanol–water partition coefficient (Wildman–Crippen LogP) is 1.62. The molecule has 0 radical (unpaired) electrons. The minimum Gasteiger partial charge on any atom is -0.480 e. The fraction of sp³-hybridized carbons (Fsp3) is 0.467. The van der Waals surface area contributed by atoms with Crippen molar-refractivity contribution in [3.05, 3.63) is 29.8 Å². The van der Waals surface area contributed by atoms with Gasteiger partial charge in [0.15, 0.2) is 0 Å². The quantitative estimate of drug-likeness (QED) is 0.823. The lowest BCUT2D eigenvalue weighted by Crippen LogP contribution is -2.35. The minimum atomic E-state index is -0.976. The average molecular weight is 278 g/mol. The second-order valence-corrected chi connectivity index (χ2v) is 4.86. The zero-order valence-electron chi connectivity index (χ0n) is 12.3. The Hall–Kier alpha value is -2.04. The van der Waals surface area contributed by atoms with Crippen LogP contribution in [0.4, 0.5) is 5.69 Å². The molecule has 0 aliphatic carbocycles. The smallest absolute Gasteiger partial charge is 0.323 e. The van der Waals surface area contributed by atoms with Crippen LogP contribution in [0.3, 0.4) is 0 Å². The van der Waals surface area contributed by atoms with E-state index in [1.807, 2.05) is 43.3 Å². The van der Waals surface area contributed by atoms with Crippen molar-refractivity contribution in [1.82, 2.24) is 4.90 Å². The largest absolute Gasteiger partial charge is 0.480 e. The summed E-state index contributed by atoms with van der Waals surface area (Å²) in [5.74, 6) is -1.10. The molecule has 1 aromatic carbocycles. The van der Waals surface area contributed by atoms with Gasteiger partial charge in [-0.2, -0.15) is 0 Å². The Morgan fingerprint density at radius 2 is 1.75 bits per heavy atom. The Morgan fingerprint density at radius 3 is 2.20 bits per heavy atom. The number of hydrogen-bond donors (Lipinski definition) is 1. The summed E-state index contributed by atoms with van der Waals surface area (Å²) in [7, 11) is 3.95. The fourth-order valence-corrected chi connectivity index (χ4v) is 1.91. The predicted molar refractivity (Wildman–Crippen MR) is 79.0 cm³/mol. The van der Waals surface area contributed by atoms with Gasteiger partial charge in [0, 0.05) is 32.7 Å². The first-order valence-corrected chi connectivity index (χ1v) is 6.70. The summed E-state index contributed by atoms with van der Waals surface area (Å²) >= 11 is 0. The minimum absolute atomic E-state index is 0.119. The van der Waals surface area contributed by atoms with Crippen LogP contribution in [0.15, 0.2) is 24.3 Å². The summed E-state index contributed by atoms with van der Waals surface area (Å²) in [6.45, 7) is 1.98. The highest BCUT2D eigenvalue weighted by Crippen LogP contribution is 2.13. The SMILES string of the molecule is CCN(CC(=O)O)C(=O)CCc1ccc(N(C)C)cc1. The van der Waals surface area contributed by atoms with Crippen molar-refractivity contribution in [2.24, 2.45) is 0 Å². The van der Waals surface area contributed by atoms with Crippen LogP contribution in [0.2, 0.25) is 0 Å². The van der Waals surface area contributed by atoms with Crippen LogP contribution >= 0.6 is 0 Å². The molecule has 1 amide bonds. The maximum absolute atomic E-state index is 11.9. The maximum Gasteiger partial charge on any atom is 0.323 e. The molecule has 0 aromatic heterocycles. The van der Waals surface area contributed by atoms with Crippen LogP contribution in [0.1, 0.15) is 18.9 Å². The van der Waals surface area contributed by atoms with Gasteiger partial charge >= 0.3 is 5.97 Å². The number of carboxylic acids is 1. The number of likely N-dealkylation sites (N-methyl/N-ethyl adjacent to an activating group) is 1. The zero-order valence-corrected chi connectivity index (χ0v) is 12.3. The molecule has 0 saturated carbocycles. The van der Waals surface area contributed by atoms with Gasteiger partial charge in [0.25, 0.3) is 0 Å². The van der Waals surface area contributed by atoms with Crippen molar-refractivity contribution in [3.8, 4) is 0 Å². The second-order valence-electron chi connectivity index (χ2n) is 4.86. The number of aliphatic carboxylic acids is 1. The van der Waals surface area contributed by atoms with Crippen LogP contribution in [0, 0.1) is 0 Å². The molecule has 5 nitrogen and oxygen atoms in total. The Kier molecular flexibility index (Phi) is 6.03. The van der Waals surface area contributed by atoms with Crippen molar-refractivity contribution < 1.29 is 14.7 Å². The topological polar surface area (TPSA) is 60.9 Å². The van der Waals surface area contributed by atoms with E-state index in [-0.39, 0.29) is 12.5 Å². The summed E-state index contributed by atoms with van der Waals surface area (Å²) < 4.78 is 0. The lowest BCUT2D eigenvalue weighted by atomic mass is 10.1. The monoisotopic (exact) mass is 278 g/mol. The van der Waals surface area contributed by atoms with Gasteiger partial charge in [-0.25, -0.2) is 0 Å². The van der Waals surface area contributed by atoms with Crippen molar-refractivity contribution in [2.45, 2.75) is 19.8 Å². The number of hydrogen-bond acceptors (Lipinski definition) is 3. The number of carbonyl (C=O) groups is 2. The van der Waals surface area contributed by atoms with Gasteiger partial charge in [-0.15, -0.1) is 0 Å². The number of amides is 1. The molecule has 110 valence electrons. The molecular formula is C15H22N2O3. The van der Waals surface area contributed by atoms with Crippen LogP contribution in [-0.2, 0) is 16.0 Å². The number of carboxylic acid groups (broad SMARTS) is 1.